The summed E-state index contributed by atoms with van der Waals surface area (Å²) >= 11 is 1.12. The Morgan fingerprint density at radius 3 is 1.57 bits per heavy atom. The summed E-state index contributed by atoms with van der Waals surface area (Å²) in [6.07, 6.45) is -22.4. The lowest BCUT2D eigenvalue weighted by Gasteiger charge is -2.48. The highest BCUT2D eigenvalue weighted by Gasteiger charge is 2.53. The van der Waals surface area contributed by atoms with Crippen LogP contribution in [0.5, 0.6) is 0 Å². The molecule has 16 heteroatoms. The first-order valence-corrected chi connectivity index (χ1v) is 13.6. The number of hydrogen-bond donors (Lipinski definition) is 10. The van der Waals surface area contributed by atoms with Gasteiger partial charge in [-0.1, -0.05) is 30.0 Å². The lowest BCUT2D eigenvalue weighted by molar-refractivity contribution is -0.371. The molecule has 3 saturated heterocycles. The quantitative estimate of drug-likeness (QED) is 0.128. The van der Waals surface area contributed by atoms with E-state index in [0.717, 1.165) is 16.7 Å². The molecule has 0 spiro atoms. The van der Waals surface area contributed by atoms with Gasteiger partial charge in [0, 0.05) is 4.90 Å². The Labute approximate surface area is 233 Å². The summed E-state index contributed by atoms with van der Waals surface area (Å²) in [5, 5.41) is 102. The van der Waals surface area contributed by atoms with E-state index in [4.69, 9.17) is 23.7 Å². The van der Waals surface area contributed by atoms with Gasteiger partial charge in [0.1, 0.15) is 78.7 Å². The van der Waals surface area contributed by atoms with Gasteiger partial charge in [-0.05, 0) is 12.1 Å². The molecule has 10 N–H and O–H groups in total. The van der Waals surface area contributed by atoms with E-state index in [9.17, 15) is 51.1 Å². The van der Waals surface area contributed by atoms with Crippen LogP contribution in [0, 0.1) is 0 Å². The van der Waals surface area contributed by atoms with E-state index >= 15 is 0 Å². The maximum atomic E-state index is 10.8. The lowest BCUT2D eigenvalue weighted by atomic mass is 9.96. The first kappa shape index (κ1) is 31.9. The second kappa shape index (κ2) is 14.0. The largest absolute Gasteiger partial charge is 0.394 e. The van der Waals surface area contributed by atoms with Crippen molar-refractivity contribution in [3.8, 4) is 0 Å². The number of aliphatic hydroxyl groups is 10. The summed E-state index contributed by atoms with van der Waals surface area (Å²) in [6.45, 7) is -2.17. The van der Waals surface area contributed by atoms with Gasteiger partial charge in [-0.3, -0.25) is 0 Å². The predicted molar refractivity (Wildman–Crippen MR) is 131 cm³/mol. The fourth-order valence-electron chi connectivity index (χ4n) is 4.77. The summed E-state index contributed by atoms with van der Waals surface area (Å²) in [6, 6.07) is 8.91. The summed E-state index contributed by atoms with van der Waals surface area (Å²) in [4.78, 5) is 0.736. The van der Waals surface area contributed by atoms with Crippen LogP contribution in [0.4, 0.5) is 0 Å². The highest BCUT2D eigenvalue weighted by atomic mass is 32.2. The van der Waals surface area contributed by atoms with E-state index in [-0.39, 0.29) is 0 Å². The molecule has 4 rings (SSSR count). The topological polar surface area (TPSA) is 248 Å². The van der Waals surface area contributed by atoms with Crippen molar-refractivity contribution in [1.82, 2.24) is 0 Å². The molecule has 0 amide bonds. The van der Waals surface area contributed by atoms with Crippen molar-refractivity contribution >= 4 is 11.8 Å². The number of aliphatic hydroxyl groups excluding tert-OH is 10. The van der Waals surface area contributed by atoms with Crippen LogP contribution in [0.3, 0.4) is 0 Å². The third-order valence-corrected chi connectivity index (χ3v) is 8.23. The average Bonchev–Trinajstić information content (AvgIpc) is 2.96. The second-order valence-corrected chi connectivity index (χ2v) is 10.9. The zero-order valence-corrected chi connectivity index (χ0v) is 21.9. The molecule has 40 heavy (non-hydrogen) atoms. The van der Waals surface area contributed by atoms with Crippen molar-refractivity contribution in [2.45, 2.75) is 96.2 Å². The molecule has 0 aromatic heterocycles. The highest BCUT2D eigenvalue weighted by molar-refractivity contribution is 7.99. The molecule has 228 valence electrons. The fourth-order valence-corrected chi connectivity index (χ4v) is 5.86. The standard InChI is InChI=1S/C24H36O15S/c25-6-10-13(28)14(29)17(32)22(35-10)38-20-11(7-26)36-23(18(33)15(20)30)39-21-12(8-27)37-24(19(34)16(21)31)40-9-4-2-1-3-5-9/h1-5,10-34H,6-8H2/t10-,11-,12-,13+,14+,15-,16-,17-,18-,19-,20-,21-,22+,23+,24+/m1/s1. The van der Waals surface area contributed by atoms with E-state index in [1.165, 1.54) is 0 Å². The molecular formula is C24H36O15S. The van der Waals surface area contributed by atoms with Crippen molar-refractivity contribution in [2.24, 2.45) is 0 Å². The third-order valence-electron chi connectivity index (χ3n) is 7.07. The van der Waals surface area contributed by atoms with Gasteiger partial charge in [0.15, 0.2) is 12.6 Å². The van der Waals surface area contributed by atoms with Crippen molar-refractivity contribution < 1.29 is 74.7 Å². The summed E-state index contributed by atoms with van der Waals surface area (Å²) in [5.41, 5.74) is -0.973. The lowest BCUT2D eigenvalue weighted by Crippen LogP contribution is -2.66. The third kappa shape index (κ3) is 6.63. The Morgan fingerprint density at radius 1 is 0.550 bits per heavy atom. The minimum absolute atomic E-state index is 0.641. The number of rotatable bonds is 9. The Bertz CT molecular complexity index is 910. The Balaban J connectivity index is 1.43. The first-order chi connectivity index (χ1) is 19.1. The average molecular weight is 597 g/mol. The highest BCUT2D eigenvalue weighted by Crippen LogP contribution is 2.36. The van der Waals surface area contributed by atoms with Crippen LogP contribution in [0.25, 0.3) is 0 Å². The predicted octanol–water partition coefficient (Wildman–Crippen LogP) is -4.77. The molecule has 0 aliphatic carbocycles. The zero-order valence-electron chi connectivity index (χ0n) is 21.1. The van der Waals surface area contributed by atoms with E-state index in [0.29, 0.717) is 0 Å². The Hall–Kier alpha value is -1.03. The number of hydrogen-bond acceptors (Lipinski definition) is 16. The first-order valence-electron chi connectivity index (χ1n) is 12.7. The maximum absolute atomic E-state index is 10.8. The van der Waals surface area contributed by atoms with Gasteiger partial charge in [-0.2, -0.15) is 0 Å². The van der Waals surface area contributed by atoms with E-state index in [1.54, 1.807) is 30.3 Å². The molecule has 1 aromatic rings. The molecule has 1 aromatic carbocycles. The molecule has 0 radical (unpaired) electrons. The minimum atomic E-state index is -1.88. The normalized spacial score (nSPS) is 46.3. The van der Waals surface area contributed by atoms with Gasteiger partial charge in [-0.15, -0.1) is 0 Å². The summed E-state index contributed by atoms with van der Waals surface area (Å²) < 4.78 is 27.8. The Kier molecular flexibility index (Phi) is 11.1. The second-order valence-electron chi connectivity index (χ2n) is 9.74. The monoisotopic (exact) mass is 596 g/mol. The molecule has 0 unspecified atom stereocenters. The van der Waals surface area contributed by atoms with E-state index in [1.807, 2.05) is 0 Å². The van der Waals surface area contributed by atoms with Gasteiger partial charge in [-0.25, -0.2) is 0 Å². The maximum Gasteiger partial charge on any atom is 0.187 e. The molecule has 0 saturated carbocycles. The van der Waals surface area contributed by atoms with Gasteiger partial charge in [0.05, 0.1) is 19.8 Å². The number of thioether (sulfide) groups is 1. The van der Waals surface area contributed by atoms with Crippen molar-refractivity contribution in [3.05, 3.63) is 30.3 Å². The van der Waals surface area contributed by atoms with Crippen molar-refractivity contribution in [3.63, 3.8) is 0 Å². The molecule has 0 bridgehead atoms. The molecule has 3 fully saturated rings. The zero-order chi connectivity index (χ0) is 29.1. The SMILES string of the molecule is OC[C@H]1O[C@@H](O[C@H]2[C@H](O)[C@@H](O)[C@H](O[C@H]3[C@H](O)[C@@H](O)[C@H](Sc4ccccc4)O[C@@H]3CO)O[C@@H]2CO)[C@H](O)[C@@H](O)[C@H]1O. The van der Waals surface area contributed by atoms with E-state index in [2.05, 4.69) is 0 Å². The van der Waals surface area contributed by atoms with E-state index < -0.39 is 111 Å². The number of ether oxygens (including phenoxy) is 5. The molecule has 15 nitrogen and oxygen atoms in total. The van der Waals surface area contributed by atoms with Crippen LogP contribution in [0.2, 0.25) is 0 Å². The van der Waals surface area contributed by atoms with Gasteiger partial charge < -0.3 is 74.7 Å². The number of benzene rings is 1. The fraction of sp³-hybridized carbons (Fsp3) is 0.750. The van der Waals surface area contributed by atoms with Gasteiger partial charge >= 0.3 is 0 Å². The van der Waals surface area contributed by atoms with Crippen LogP contribution >= 0.6 is 11.8 Å². The van der Waals surface area contributed by atoms with Gasteiger partial charge in [0.25, 0.3) is 0 Å². The van der Waals surface area contributed by atoms with Gasteiger partial charge in [0.2, 0.25) is 0 Å². The smallest absolute Gasteiger partial charge is 0.187 e. The van der Waals surface area contributed by atoms with Crippen LogP contribution in [-0.2, 0) is 23.7 Å². The molecule has 15 atom stereocenters. The summed E-state index contributed by atoms with van der Waals surface area (Å²) in [5.74, 6) is 0. The van der Waals surface area contributed by atoms with Crippen LogP contribution in [0.15, 0.2) is 35.2 Å². The van der Waals surface area contributed by atoms with Crippen molar-refractivity contribution in [2.75, 3.05) is 19.8 Å². The van der Waals surface area contributed by atoms with Crippen LogP contribution in [-0.4, -0.2) is 162 Å². The van der Waals surface area contributed by atoms with Crippen LogP contribution < -0.4 is 0 Å². The van der Waals surface area contributed by atoms with Crippen molar-refractivity contribution in [1.29, 1.82) is 0 Å². The molecule has 3 aliphatic rings. The summed E-state index contributed by atoms with van der Waals surface area (Å²) in [7, 11) is 0. The minimum Gasteiger partial charge on any atom is -0.394 e. The molecular weight excluding hydrogens is 560 g/mol. The van der Waals surface area contributed by atoms with Crippen LogP contribution in [0.1, 0.15) is 0 Å². The molecule has 3 heterocycles. The molecule has 3 aliphatic heterocycles. The Morgan fingerprint density at radius 2 is 1.02 bits per heavy atom.